The number of aromatic nitrogens is 1. The van der Waals surface area contributed by atoms with E-state index in [1.807, 2.05) is 12.3 Å². The lowest BCUT2D eigenvalue weighted by Gasteiger charge is -2.32. The van der Waals surface area contributed by atoms with Gasteiger partial charge in [-0.3, -0.25) is 19.7 Å². The highest BCUT2D eigenvalue weighted by atomic mass is 32.1. The van der Waals surface area contributed by atoms with Crippen molar-refractivity contribution in [2.75, 3.05) is 6.54 Å². The quantitative estimate of drug-likeness (QED) is 0.658. The maximum absolute atomic E-state index is 12.1. The van der Waals surface area contributed by atoms with E-state index in [2.05, 4.69) is 10.3 Å². The molecule has 1 aromatic rings. The highest BCUT2D eigenvalue weighted by Crippen LogP contribution is 2.12. The van der Waals surface area contributed by atoms with Crippen LogP contribution in [0, 0.1) is 6.92 Å². The van der Waals surface area contributed by atoms with E-state index in [1.54, 1.807) is 13.0 Å². The second-order valence-corrected chi connectivity index (χ2v) is 5.49. The van der Waals surface area contributed by atoms with E-state index in [-0.39, 0.29) is 12.5 Å². The van der Waals surface area contributed by atoms with E-state index in [4.69, 9.17) is 0 Å². The molecule has 0 aromatic carbocycles. The number of rotatable bonds is 3. The van der Waals surface area contributed by atoms with Crippen LogP contribution in [-0.4, -0.2) is 40.2 Å². The number of hydrogen-bond donors (Lipinski definition) is 1. The molecule has 3 amide bonds. The van der Waals surface area contributed by atoms with Gasteiger partial charge in [0.25, 0.3) is 0 Å². The minimum atomic E-state index is -0.595. The molecule has 2 rings (SSSR count). The number of hydrogen-bond acceptors (Lipinski definition) is 5. The van der Waals surface area contributed by atoms with E-state index >= 15 is 0 Å². The molecule has 1 atom stereocenters. The molecule has 106 valence electrons. The largest absolute Gasteiger partial charge is 0.318 e. The molecule has 1 fully saturated rings. The fraction of sp³-hybridized carbons (Fsp3) is 0.385. The summed E-state index contributed by atoms with van der Waals surface area (Å²) in [5.74, 6) is -1.23. The molecule has 1 aromatic heterocycles. The van der Waals surface area contributed by atoms with Crippen LogP contribution >= 0.6 is 11.3 Å². The van der Waals surface area contributed by atoms with Crippen molar-refractivity contribution < 1.29 is 14.4 Å². The molecule has 0 radical (unpaired) electrons. The Morgan fingerprint density at radius 3 is 2.95 bits per heavy atom. The van der Waals surface area contributed by atoms with Crippen molar-refractivity contribution in [2.24, 2.45) is 0 Å². The van der Waals surface area contributed by atoms with Crippen LogP contribution in [0.3, 0.4) is 0 Å². The molecule has 1 saturated heterocycles. The molecular formula is C13H15N3O3S. The number of nitrogens with zero attached hydrogens (tertiary/aromatic N) is 2. The van der Waals surface area contributed by atoms with Crippen molar-refractivity contribution in [3.63, 3.8) is 0 Å². The van der Waals surface area contributed by atoms with Gasteiger partial charge in [0.05, 0.1) is 10.7 Å². The van der Waals surface area contributed by atoms with E-state index in [0.717, 1.165) is 5.01 Å². The molecule has 2 heterocycles. The normalized spacial score (nSPS) is 19.5. The molecule has 6 nitrogen and oxygen atoms in total. The maximum atomic E-state index is 12.1. The van der Waals surface area contributed by atoms with Crippen molar-refractivity contribution >= 4 is 35.1 Å². The van der Waals surface area contributed by atoms with Gasteiger partial charge in [0.15, 0.2) is 0 Å². The molecule has 20 heavy (non-hydrogen) atoms. The summed E-state index contributed by atoms with van der Waals surface area (Å²) in [6.07, 6.45) is 3.41. The number of aryl methyl sites for hydroxylation is 1. The van der Waals surface area contributed by atoms with Crippen LogP contribution in [0.5, 0.6) is 0 Å². The first-order valence-corrected chi connectivity index (χ1v) is 7.13. The summed E-state index contributed by atoms with van der Waals surface area (Å²) in [7, 11) is 0. The Balaban J connectivity index is 2.12. The summed E-state index contributed by atoms with van der Waals surface area (Å²) in [6, 6.07) is -0.595. The lowest BCUT2D eigenvalue weighted by atomic mass is 10.1. The molecular weight excluding hydrogens is 278 g/mol. The molecule has 7 heteroatoms. The first-order chi connectivity index (χ1) is 9.51. The maximum Gasteiger partial charge on any atom is 0.249 e. The predicted octanol–water partition coefficient (Wildman–Crippen LogP) is 0.728. The van der Waals surface area contributed by atoms with Crippen molar-refractivity contribution in [3.8, 4) is 0 Å². The zero-order chi connectivity index (χ0) is 14.7. The highest BCUT2D eigenvalue weighted by Gasteiger charge is 2.34. The van der Waals surface area contributed by atoms with Gasteiger partial charge in [-0.15, -0.1) is 11.3 Å². The SMILES string of the molecule is CCC1C(=O)NC(=O)CN1C(=O)C=Cc1csc(C)n1. The topological polar surface area (TPSA) is 79.4 Å². The Hall–Kier alpha value is -2.02. The molecule has 1 unspecified atom stereocenters. The summed E-state index contributed by atoms with van der Waals surface area (Å²) in [4.78, 5) is 40.7. The summed E-state index contributed by atoms with van der Waals surface area (Å²) in [6.45, 7) is 3.59. The average Bonchev–Trinajstić information content (AvgIpc) is 2.81. The van der Waals surface area contributed by atoms with Crippen LogP contribution in [0.2, 0.25) is 0 Å². The fourth-order valence-electron chi connectivity index (χ4n) is 2.01. The third-order valence-electron chi connectivity index (χ3n) is 2.96. The summed E-state index contributed by atoms with van der Waals surface area (Å²) in [5.41, 5.74) is 0.696. The lowest BCUT2D eigenvalue weighted by Crippen LogP contribution is -2.59. The van der Waals surface area contributed by atoms with Crippen LogP contribution in [-0.2, 0) is 14.4 Å². The summed E-state index contributed by atoms with van der Waals surface area (Å²) < 4.78 is 0. The molecule has 0 saturated carbocycles. The second-order valence-electron chi connectivity index (χ2n) is 4.43. The number of thiazole rings is 1. The number of piperazine rings is 1. The summed E-state index contributed by atoms with van der Waals surface area (Å²) in [5, 5.41) is 4.99. The monoisotopic (exact) mass is 293 g/mol. The Kier molecular flexibility index (Phi) is 4.29. The smallest absolute Gasteiger partial charge is 0.249 e. The minimum Gasteiger partial charge on any atom is -0.318 e. The van der Waals surface area contributed by atoms with Gasteiger partial charge in [0.1, 0.15) is 12.6 Å². The molecule has 0 aliphatic carbocycles. The number of carbonyl (C=O) groups excluding carboxylic acids is 3. The first kappa shape index (κ1) is 14.4. The van der Waals surface area contributed by atoms with E-state index < -0.39 is 17.9 Å². The first-order valence-electron chi connectivity index (χ1n) is 6.25. The fourth-order valence-corrected chi connectivity index (χ4v) is 2.59. The number of carbonyl (C=O) groups is 3. The van der Waals surface area contributed by atoms with Gasteiger partial charge >= 0.3 is 0 Å². The Labute approximate surface area is 120 Å². The van der Waals surface area contributed by atoms with Crippen LogP contribution in [0.25, 0.3) is 6.08 Å². The van der Waals surface area contributed by atoms with Gasteiger partial charge in [0, 0.05) is 11.5 Å². The third kappa shape index (κ3) is 3.11. The zero-order valence-electron chi connectivity index (χ0n) is 11.3. The van der Waals surface area contributed by atoms with Gasteiger partial charge in [0.2, 0.25) is 17.7 Å². The Morgan fingerprint density at radius 1 is 1.60 bits per heavy atom. The van der Waals surface area contributed by atoms with Crippen molar-refractivity contribution in [1.82, 2.24) is 15.2 Å². The van der Waals surface area contributed by atoms with Crippen LogP contribution in [0.15, 0.2) is 11.5 Å². The number of amides is 3. The minimum absolute atomic E-state index is 0.0937. The lowest BCUT2D eigenvalue weighted by molar-refractivity contribution is -0.147. The van der Waals surface area contributed by atoms with Crippen LogP contribution in [0.4, 0.5) is 0 Å². The molecule has 0 bridgehead atoms. The molecule has 1 N–H and O–H groups in total. The van der Waals surface area contributed by atoms with Crippen LogP contribution in [0.1, 0.15) is 24.0 Å². The number of imide groups is 1. The summed E-state index contributed by atoms with van der Waals surface area (Å²) >= 11 is 1.49. The Morgan fingerprint density at radius 2 is 2.35 bits per heavy atom. The van der Waals surface area contributed by atoms with Gasteiger partial charge in [-0.2, -0.15) is 0 Å². The number of nitrogens with one attached hydrogen (secondary N) is 1. The van der Waals surface area contributed by atoms with E-state index in [0.29, 0.717) is 12.1 Å². The van der Waals surface area contributed by atoms with Gasteiger partial charge < -0.3 is 4.90 Å². The van der Waals surface area contributed by atoms with Gasteiger partial charge in [-0.25, -0.2) is 4.98 Å². The van der Waals surface area contributed by atoms with E-state index in [1.165, 1.54) is 22.3 Å². The third-order valence-corrected chi connectivity index (χ3v) is 3.75. The standard InChI is InChI=1S/C13H15N3O3S/c1-3-10-13(19)15-11(17)6-16(10)12(18)5-4-9-7-20-8(2)14-9/h4-5,7,10H,3,6H2,1-2H3,(H,15,17,19). The van der Waals surface area contributed by atoms with E-state index in [9.17, 15) is 14.4 Å². The van der Waals surface area contributed by atoms with Crippen molar-refractivity contribution in [1.29, 1.82) is 0 Å². The van der Waals surface area contributed by atoms with Gasteiger partial charge in [-0.1, -0.05) is 6.92 Å². The highest BCUT2D eigenvalue weighted by molar-refractivity contribution is 7.09. The molecule has 0 spiro atoms. The molecule has 1 aliphatic heterocycles. The van der Waals surface area contributed by atoms with Gasteiger partial charge in [-0.05, 0) is 19.4 Å². The second kappa shape index (κ2) is 5.96. The molecule has 1 aliphatic rings. The van der Waals surface area contributed by atoms with Crippen LogP contribution < -0.4 is 5.32 Å². The average molecular weight is 293 g/mol. The Bertz CT molecular complexity index is 579. The van der Waals surface area contributed by atoms with Crippen molar-refractivity contribution in [3.05, 3.63) is 22.2 Å². The predicted molar refractivity (Wildman–Crippen MR) is 74.8 cm³/mol. The van der Waals surface area contributed by atoms with Crippen molar-refractivity contribution in [2.45, 2.75) is 26.3 Å². The zero-order valence-corrected chi connectivity index (χ0v) is 12.1.